The van der Waals surface area contributed by atoms with Gasteiger partial charge in [0, 0.05) is 21.7 Å². The fraction of sp³-hybridized carbons (Fsp3) is 0.250. The summed E-state index contributed by atoms with van der Waals surface area (Å²) in [6, 6.07) is 11.0. The molecular weight excluding hydrogens is 144 g/mol. The van der Waals surface area contributed by atoms with Gasteiger partial charge in [-0.25, -0.2) is 0 Å². The summed E-state index contributed by atoms with van der Waals surface area (Å²) in [6.07, 6.45) is 1.12. The van der Waals surface area contributed by atoms with Gasteiger partial charge in [0.2, 0.25) is 0 Å². The third-order valence-electron chi connectivity index (χ3n) is 1.20. The van der Waals surface area contributed by atoms with E-state index < -0.39 is 0 Å². The molecule has 0 bridgehead atoms. The second kappa shape index (κ2) is 4.78. The summed E-state index contributed by atoms with van der Waals surface area (Å²) in [5.41, 5.74) is 1.38. The number of hydrogen-bond donors (Lipinski definition) is 0. The molecule has 0 aliphatic carbocycles. The molecule has 9 heavy (non-hydrogen) atoms. The fourth-order valence-electron chi connectivity index (χ4n) is 0.657. The molecule has 0 aliphatic rings. The standard InChI is InChI=1S/C8H9.Ti/c1-2-8-6-4-3-5-7-8;/h4-7H,2H2,1H3;/q-1;. The van der Waals surface area contributed by atoms with E-state index in [1.807, 2.05) is 12.1 Å². The second-order valence-electron chi connectivity index (χ2n) is 1.76. The normalized spacial score (nSPS) is 8.11. The molecule has 0 aliphatic heterocycles. The van der Waals surface area contributed by atoms with Crippen LogP contribution in [-0.4, -0.2) is 0 Å². The first-order valence-electron chi connectivity index (χ1n) is 2.88. The molecule has 1 aromatic carbocycles. The Hall–Kier alpha value is -0.0657. The van der Waals surface area contributed by atoms with Crippen LogP contribution in [0, 0.1) is 6.07 Å². The van der Waals surface area contributed by atoms with Crippen molar-refractivity contribution in [3.8, 4) is 0 Å². The molecule has 0 radical (unpaired) electrons. The molecular formula is C8H9Ti-. The van der Waals surface area contributed by atoms with Gasteiger partial charge in [-0.05, 0) is 0 Å². The maximum absolute atomic E-state index is 2.97. The van der Waals surface area contributed by atoms with E-state index in [-0.39, 0.29) is 21.7 Å². The second-order valence-corrected chi connectivity index (χ2v) is 1.76. The average molecular weight is 153 g/mol. The molecule has 0 atom stereocenters. The first-order chi connectivity index (χ1) is 3.93. The van der Waals surface area contributed by atoms with E-state index in [4.69, 9.17) is 0 Å². The van der Waals surface area contributed by atoms with E-state index in [1.165, 1.54) is 5.56 Å². The summed E-state index contributed by atoms with van der Waals surface area (Å²) in [6.45, 7) is 2.15. The van der Waals surface area contributed by atoms with Crippen LogP contribution in [0.15, 0.2) is 24.3 Å². The van der Waals surface area contributed by atoms with Gasteiger partial charge in [-0.1, -0.05) is 13.3 Å². The molecule has 46 valence electrons. The molecule has 0 N–H and O–H groups in total. The third kappa shape index (κ3) is 2.83. The molecule has 0 aromatic heterocycles. The van der Waals surface area contributed by atoms with Gasteiger partial charge in [0.25, 0.3) is 0 Å². The van der Waals surface area contributed by atoms with E-state index in [2.05, 4.69) is 25.1 Å². The first kappa shape index (κ1) is 8.93. The van der Waals surface area contributed by atoms with Crippen molar-refractivity contribution in [3.05, 3.63) is 35.9 Å². The number of rotatable bonds is 1. The zero-order valence-electron chi connectivity index (χ0n) is 5.52. The molecule has 0 amide bonds. The Morgan fingerprint density at radius 1 is 1.33 bits per heavy atom. The molecule has 0 heterocycles. The summed E-state index contributed by atoms with van der Waals surface area (Å²) >= 11 is 0. The van der Waals surface area contributed by atoms with Gasteiger partial charge in [0.15, 0.2) is 0 Å². The van der Waals surface area contributed by atoms with Crippen LogP contribution in [0.3, 0.4) is 0 Å². The molecule has 1 rings (SSSR count). The van der Waals surface area contributed by atoms with Crippen molar-refractivity contribution in [2.75, 3.05) is 0 Å². The van der Waals surface area contributed by atoms with E-state index in [0.29, 0.717) is 0 Å². The van der Waals surface area contributed by atoms with Crippen LogP contribution in [0.5, 0.6) is 0 Å². The Labute approximate surface area is 71.2 Å². The maximum atomic E-state index is 2.97. The predicted octanol–water partition coefficient (Wildman–Crippen LogP) is 2.05. The van der Waals surface area contributed by atoms with Crippen LogP contribution in [0.2, 0.25) is 0 Å². The van der Waals surface area contributed by atoms with Crippen molar-refractivity contribution in [1.29, 1.82) is 0 Å². The van der Waals surface area contributed by atoms with Crippen molar-refractivity contribution in [1.82, 2.24) is 0 Å². The van der Waals surface area contributed by atoms with Crippen molar-refractivity contribution < 1.29 is 21.7 Å². The van der Waals surface area contributed by atoms with Gasteiger partial charge < -0.3 is 0 Å². The van der Waals surface area contributed by atoms with E-state index in [0.717, 1.165) is 6.42 Å². The van der Waals surface area contributed by atoms with Crippen LogP contribution < -0.4 is 0 Å². The monoisotopic (exact) mass is 153 g/mol. The van der Waals surface area contributed by atoms with Gasteiger partial charge in [-0.3, -0.25) is 0 Å². The molecule has 1 aromatic rings. The van der Waals surface area contributed by atoms with E-state index >= 15 is 0 Å². The largest absolute Gasteiger partial charge is 0.184 e. The smallest absolute Gasteiger partial charge is 0 e. The van der Waals surface area contributed by atoms with Gasteiger partial charge in [-0.2, -0.15) is 35.9 Å². The summed E-state index contributed by atoms with van der Waals surface area (Å²) in [4.78, 5) is 0. The summed E-state index contributed by atoms with van der Waals surface area (Å²) in [7, 11) is 0. The molecule has 0 saturated carbocycles. The maximum Gasteiger partial charge on any atom is 0 e. The van der Waals surface area contributed by atoms with Gasteiger partial charge in [0.1, 0.15) is 0 Å². The third-order valence-corrected chi connectivity index (χ3v) is 1.20. The predicted molar refractivity (Wildman–Crippen MR) is 34.7 cm³/mol. The SMILES string of the molecule is CCc1cc[c-]cc1.[Ti]. The summed E-state index contributed by atoms with van der Waals surface area (Å²) < 4.78 is 0. The van der Waals surface area contributed by atoms with Crippen molar-refractivity contribution in [3.63, 3.8) is 0 Å². The van der Waals surface area contributed by atoms with E-state index in [9.17, 15) is 0 Å². The molecule has 0 spiro atoms. The quantitative estimate of drug-likeness (QED) is 0.427. The topological polar surface area (TPSA) is 0 Å². The summed E-state index contributed by atoms with van der Waals surface area (Å²) in [5, 5.41) is 0. The van der Waals surface area contributed by atoms with Crippen LogP contribution in [0.4, 0.5) is 0 Å². The van der Waals surface area contributed by atoms with Gasteiger partial charge in [0.05, 0.1) is 0 Å². The van der Waals surface area contributed by atoms with Crippen molar-refractivity contribution >= 4 is 0 Å². The molecule has 1 heteroatoms. The van der Waals surface area contributed by atoms with Gasteiger partial charge in [-0.15, -0.1) is 0 Å². The van der Waals surface area contributed by atoms with E-state index in [1.54, 1.807) is 0 Å². The number of aryl methyl sites for hydroxylation is 1. The number of hydrogen-bond acceptors (Lipinski definition) is 0. The Balaban J connectivity index is 0.000000640. The van der Waals surface area contributed by atoms with Crippen molar-refractivity contribution in [2.45, 2.75) is 13.3 Å². The minimum Gasteiger partial charge on any atom is -0.184 e. The molecule has 0 unspecified atom stereocenters. The molecule has 0 saturated heterocycles. The zero-order valence-corrected chi connectivity index (χ0v) is 7.08. The number of benzene rings is 1. The molecule has 0 nitrogen and oxygen atoms in total. The van der Waals surface area contributed by atoms with Gasteiger partial charge >= 0.3 is 0 Å². The van der Waals surface area contributed by atoms with Crippen LogP contribution >= 0.6 is 0 Å². The summed E-state index contributed by atoms with van der Waals surface area (Å²) in [5.74, 6) is 0. The Bertz CT molecular complexity index is 146. The average Bonchev–Trinajstić information content (AvgIpc) is 1.90. The minimum atomic E-state index is 0. The Kier molecular flexibility index (Phi) is 4.74. The Morgan fingerprint density at radius 3 is 2.22 bits per heavy atom. The zero-order chi connectivity index (χ0) is 5.82. The first-order valence-corrected chi connectivity index (χ1v) is 2.88. The van der Waals surface area contributed by atoms with Crippen LogP contribution in [0.1, 0.15) is 12.5 Å². The fourth-order valence-corrected chi connectivity index (χ4v) is 0.657. The Morgan fingerprint density at radius 2 is 1.89 bits per heavy atom. The minimum absolute atomic E-state index is 0. The molecule has 0 fully saturated rings. The van der Waals surface area contributed by atoms with Crippen LogP contribution in [0.25, 0.3) is 0 Å². The van der Waals surface area contributed by atoms with Crippen molar-refractivity contribution in [2.24, 2.45) is 0 Å². The van der Waals surface area contributed by atoms with Crippen LogP contribution in [-0.2, 0) is 28.1 Å².